The third kappa shape index (κ3) is 1.17. The first-order valence-corrected chi connectivity index (χ1v) is 4.44. The number of hydrogen-bond donors (Lipinski definition) is 1. The topological polar surface area (TPSA) is 26.0 Å². The normalized spacial score (nSPS) is 10.6. The number of nitrogens with two attached hydrogens (primary N) is 1. The van der Waals surface area contributed by atoms with Gasteiger partial charge in [0.2, 0.25) is 0 Å². The average molecular weight is 171 g/mol. The van der Waals surface area contributed by atoms with Crippen LogP contribution in [0.2, 0.25) is 0 Å². The summed E-state index contributed by atoms with van der Waals surface area (Å²) in [6, 6.07) is 10.3. The second kappa shape index (κ2) is 2.77. The van der Waals surface area contributed by atoms with Crippen molar-refractivity contribution in [3.63, 3.8) is 0 Å². The van der Waals surface area contributed by atoms with Crippen LogP contribution in [0.1, 0.15) is 11.1 Å². The van der Waals surface area contributed by atoms with Crippen LogP contribution in [0.4, 0.5) is 5.69 Å². The van der Waals surface area contributed by atoms with Crippen LogP contribution in [0.25, 0.3) is 10.8 Å². The molecule has 0 bridgehead atoms. The molecule has 0 spiro atoms. The first kappa shape index (κ1) is 8.11. The fraction of sp³-hybridized carbons (Fsp3) is 0.167. The van der Waals surface area contributed by atoms with Gasteiger partial charge in [0.15, 0.2) is 0 Å². The van der Waals surface area contributed by atoms with Crippen LogP contribution in [0.5, 0.6) is 0 Å². The van der Waals surface area contributed by atoms with Crippen molar-refractivity contribution in [3.8, 4) is 0 Å². The van der Waals surface area contributed by atoms with Crippen LogP contribution < -0.4 is 5.73 Å². The minimum absolute atomic E-state index is 0.874. The largest absolute Gasteiger partial charge is 0.398 e. The molecule has 0 aliphatic carbocycles. The molecule has 66 valence electrons. The highest BCUT2D eigenvalue weighted by Gasteiger charge is 2.02. The van der Waals surface area contributed by atoms with Crippen molar-refractivity contribution in [3.05, 3.63) is 41.5 Å². The first-order valence-electron chi connectivity index (χ1n) is 4.44. The Hall–Kier alpha value is -1.50. The van der Waals surface area contributed by atoms with Gasteiger partial charge in [0.25, 0.3) is 0 Å². The van der Waals surface area contributed by atoms with Crippen LogP contribution in [0.3, 0.4) is 0 Å². The molecule has 2 aromatic carbocycles. The molecule has 0 aliphatic rings. The smallest absolute Gasteiger partial charge is 0.0396 e. The molecule has 1 nitrogen and oxygen atoms in total. The minimum Gasteiger partial charge on any atom is -0.398 e. The summed E-state index contributed by atoms with van der Waals surface area (Å²) in [6.07, 6.45) is 0. The van der Waals surface area contributed by atoms with Gasteiger partial charge in [-0.3, -0.25) is 0 Å². The second-order valence-electron chi connectivity index (χ2n) is 3.47. The summed E-state index contributed by atoms with van der Waals surface area (Å²) in [6.45, 7) is 4.21. The first-order chi connectivity index (χ1) is 6.20. The molecule has 0 radical (unpaired) electrons. The number of hydrogen-bond acceptors (Lipinski definition) is 1. The third-order valence-electron chi connectivity index (χ3n) is 2.50. The van der Waals surface area contributed by atoms with Gasteiger partial charge >= 0.3 is 0 Å². The number of anilines is 1. The Morgan fingerprint density at radius 2 is 1.62 bits per heavy atom. The molecule has 1 heteroatoms. The molecule has 0 fully saturated rings. The highest BCUT2D eigenvalue weighted by Crippen LogP contribution is 2.26. The quantitative estimate of drug-likeness (QED) is 0.606. The summed E-state index contributed by atoms with van der Waals surface area (Å²) >= 11 is 0. The predicted octanol–water partition coefficient (Wildman–Crippen LogP) is 3.04. The molecule has 0 atom stereocenters. The number of aryl methyl sites for hydroxylation is 2. The zero-order valence-electron chi connectivity index (χ0n) is 7.96. The number of nitrogen functional groups attached to an aromatic ring is 1. The van der Waals surface area contributed by atoms with Crippen molar-refractivity contribution in [2.75, 3.05) is 5.73 Å². The standard InChI is InChI=1S/C12H13N/c1-8-6-7-9(2)12-10(8)4-3-5-11(12)13/h3-7H,13H2,1-2H3. The Morgan fingerprint density at radius 3 is 2.31 bits per heavy atom. The lowest BCUT2D eigenvalue weighted by Gasteiger charge is -2.07. The van der Waals surface area contributed by atoms with Crippen molar-refractivity contribution in [2.45, 2.75) is 13.8 Å². The van der Waals surface area contributed by atoms with E-state index in [4.69, 9.17) is 5.73 Å². The summed E-state index contributed by atoms with van der Waals surface area (Å²) in [5, 5.41) is 2.46. The van der Waals surface area contributed by atoms with Crippen molar-refractivity contribution in [2.24, 2.45) is 0 Å². The van der Waals surface area contributed by atoms with Gasteiger partial charge in [0, 0.05) is 11.1 Å². The Balaban J connectivity index is 3.00. The van der Waals surface area contributed by atoms with E-state index in [1.807, 2.05) is 12.1 Å². The van der Waals surface area contributed by atoms with Crippen molar-refractivity contribution >= 4 is 16.5 Å². The summed E-state index contributed by atoms with van der Waals surface area (Å²) in [4.78, 5) is 0. The molecule has 0 aliphatic heterocycles. The van der Waals surface area contributed by atoms with E-state index in [0.29, 0.717) is 0 Å². The lowest BCUT2D eigenvalue weighted by Crippen LogP contribution is -1.90. The van der Waals surface area contributed by atoms with Crippen molar-refractivity contribution in [1.82, 2.24) is 0 Å². The maximum absolute atomic E-state index is 5.93. The van der Waals surface area contributed by atoms with Gasteiger partial charge in [-0.2, -0.15) is 0 Å². The fourth-order valence-electron chi connectivity index (χ4n) is 1.76. The average Bonchev–Trinajstić information content (AvgIpc) is 2.12. The van der Waals surface area contributed by atoms with Crippen LogP contribution in [-0.2, 0) is 0 Å². The molecule has 0 saturated carbocycles. The molecule has 0 saturated heterocycles. The zero-order chi connectivity index (χ0) is 9.42. The maximum atomic E-state index is 5.93. The summed E-state index contributed by atoms with van der Waals surface area (Å²) < 4.78 is 0. The van der Waals surface area contributed by atoms with Crippen LogP contribution >= 0.6 is 0 Å². The highest BCUT2D eigenvalue weighted by molar-refractivity contribution is 5.97. The van der Waals surface area contributed by atoms with Gasteiger partial charge in [-0.25, -0.2) is 0 Å². The van der Waals surface area contributed by atoms with E-state index < -0.39 is 0 Å². The van der Waals surface area contributed by atoms with E-state index >= 15 is 0 Å². The number of fused-ring (bicyclic) bond motifs is 1. The monoisotopic (exact) mass is 171 g/mol. The Labute approximate surface area is 78.2 Å². The fourth-order valence-corrected chi connectivity index (χ4v) is 1.76. The van der Waals surface area contributed by atoms with Gasteiger partial charge in [-0.1, -0.05) is 24.3 Å². The minimum atomic E-state index is 0.874. The molecule has 2 rings (SSSR count). The second-order valence-corrected chi connectivity index (χ2v) is 3.47. The van der Waals surface area contributed by atoms with Crippen molar-refractivity contribution in [1.29, 1.82) is 0 Å². The summed E-state index contributed by atoms with van der Waals surface area (Å²) in [7, 11) is 0. The van der Waals surface area contributed by atoms with Gasteiger partial charge in [-0.15, -0.1) is 0 Å². The molecule has 0 aromatic heterocycles. The Bertz CT molecular complexity index is 450. The molecule has 13 heavy (non-hydrogen) atoms. The maximum Gasteiger partial charge on any atom is 0.0396 e. The van der Waals surface area contributed by atoms with Gasteiger partial charge in [0.05, 0.1) is 0 Å². The van der Waals surface area contributed by atoms with E-state index in [1.54, 1.807) is 0 Å². The molecular weight excluding hydrogens is 158 g/mol. The van der Waals surface area contributed by atoms with Crippen LogP contribution in [0, 0.1) is 13.8 Å². The molecular formula is C12H13N. The predicted molar refractivity (Wildman–Crippen MR) is 57.8 cm³/mol. The van der Waals surface area contributed by atoms with Crippen LogP contribution in [-0.4, -0.2) is 0 Å². The molecule has 0 amide bonds. The van der Waals surface area contributed by atoms with Gasteiger partial charge < -0.3 is 5.73 Å². The summed E-state index contributed by atoms with van der Waals surface area (Å²) in [5.41, 5.74) is 9.33. The molecule has 2 N–H and O–H groups in total. The van der Waals surface area contributed by atoms with Gasteiger partial charge in [-0.05, 0) is 36.4 Å². The molecule has 2 aromatic rings. The highest BCUT2D eigenvalue weighted by atomic mass is 14.5. The molecule has 0 unspecified atom stereocenters. The Morgan fingerprint density at radius 1 is 0.923 bits per heavy atom. The number of benzene rings is 2. The van der Waals surface area contributed by atoms with E-state index in [2.05, 4.69) is 32.0 Å². The zero-order valence-corrected chi connectivity index (χ0v) is 7.96. The Kier molecular flexibility index (Phi) is 1.73. The lowest BCUT2D eigenvalue weighted by molar-refractivity contribution is 1.46. The van der Waals surface area contributed by atoms with E-state index in [0.717, 1.165) is 5.69 Å². The SMILES string of the molecule is Cc1ccc(C)c2c(N)cccc12. The third-order valence-corrected chi connectivity index (χ3v) is 2.50. The summed E-state index contributed by atoms with van der Waals surface area (Å²) in [5.74, 6) is 0. The molecule has 0 heterocycles. The lowest BCUT2D eigenvalue weighted by atomic mass is 10.00. The van der Waals surface area contributed by atoms with E-state index in [9.17, 15) is 0 Å². The van der Waals surface area contributed by atoms with Crippen molar-refractivity contribution < 1.29 is 0 Å². The number of rotatable bonds is 0. The van der Waals surface area contributed by atoms with Gasteiger partial charge in [0.1, 0.15) is 0 Å². The van der Waals surface area contributed by atoms with E-state index in [1.165, 1.54) is 21.9 Å². The van der Waals surface area contributed by atoms with E-state index in [-0.39, 0.29) is 0 Å². The van der Waals surface area contributed by atoms with Crippen LogP contribution in [0.15, 0.2) is 30.3 Å².